The first kappa shape index (κ1) is 26.2. The summed E-state index contributed by atoms with van der Waals surface area (Å²) < 4.78 is 27.4. The third-order valence-corrected chi connectivity index (χ3v) is 6.11. The van der Waals surface area contributed by atoms with E-state index < -0.39 is 61.1 Å². The number of imidazole rings is 1. The maximum absolute atomic E-state index is 16.0. The molecule has 37 heavy (non-hydrogen) atoms. The number of carbonyl (C=O) groups is 3. The maximum atomic E-state index is 16.0. The number of aliphatic hydroxyl groups excluding tert-OH is 1. The number of alkyl halides is 1. The van der Waals surface area contributed by atoms with Gasteiger partial charge in [-0.15, -0.1) is 0 Å². The van der Waals surface area contributed by atoms with Gasteiger partial charge in [0, 0.05) is 6.42 Å². The molecule has 2 aromatic heterocycles. The number of fused-ring (bicyclic) bond motifs is 1. The minimum absolute atomic E-state index is 0.0120. The fourth-order valence-corrected chi connectivity index (χ4v) is 4.07. The van der Waals surface area contributed by atoms with Crippen LogP contribution in [0.1, 0.15) is 15.9 Å². The number of aromatic nitrogens is 4. The van der Waals surface area contributed by atoms with Crippen molar-refractivity contribution in [1.29, 1.82) is 0 Å². The van der Waals surface area contributed by atoms with Crippen molar-refractivity contribution in [3.8, 4) is 0 Å². The van der Waals surface area contributed by atoms with Gasteiger partial charge in [-0.3, -0.25) is 4.57 Å². The standard InChI is InChI=1S/C21H19ClFN5O9/c22-19-26-14(24)12-15(27-19)28(8-25-12)21(23)7-36-11(13(21)29)6-37-20(17(32)33,18(34)35)5-9-1-3-10(4-2-9)16(30)31/h1-4,8,11,13,29H,5-7H2,(H,30,31)(H,32,33)(H,34,35)(H2,24,26,27)/t11-,13-,21+/m1/s1. The normalized spacial score (nSPS) is 21.8. The number of aliphatic hydroxyl groups is 1. The molecule has 0 radical (unpaired) electrons. The van der Waals surface area contributed by atoms with Crippen LogP contribution in [0.15, 0.2) is 30.6 Å². The Labute approximate surface area is 211 Å². The summed E-state index contributed by atoms with van der Waals surface area (Å²) in [5.41, 5.74) is 2.79. The number of aromatic carboxylic acids is 1. The number of nitrogen functional groups attached to an aromatic ring is 1. The van der Waals surface area contributed by atoms with Gasteiger partial charge in [0.2, 0.25) is 11.1 Å². The largest absolute Gasteiger partial charge is 0.479 e. The molecule has 14 nitrogen and oxygen atoms in total. The van der Waals surface area contributed by atoms with Gasteiger partial charge in [0.25, 0.3) is 5.60 Å². The second-order valence-electron chi connectivity index (χ2n) is 8.20. The molecule has 0 saturated carbocycles. The van der Waals surface area contributed by atoms with E-state index in [1.165, 1.54) is 24.3 Å². The lowest BCUT2D eigenvalue weighted by molar-refractivity contribution is -0.188. The molecular formula is C21H19ClFN5O9. The van der Waals surface area contributed by atoms with E-state index in [1.807, 2.05) is 0 Å². The van der Waals surface area contributed by atoms with Crippen LogP contribution >= 0.6 is 11.6 Å². The number of carboxylic acids is 3. The van der Waals surface area contributed by atoms with E-state index >= 15 is 4.39 Å². The van der Waals surface area contributed by atoms with E-state index in [4.69, 9.17) is 31.9 Å². The zero-order valence-electron chi connectivity index (χ0n) is 18.6. The van der Waals surface area contributed by atoms with Crippen LogP contribution in [0.3, 0.4) is 0 Å². The molecule has 6 N–H and O–H groups in total. The summed E-state index contributed by atoms with van der Waals surface area (Å²) in [4.78, 5) is 46.6. The molecule has 4 rings (SSSR count). The van der Waals surface area contributed by atoms with Gasteiger partial charge in [-0.1, -0.05) is 12.1 Å². The van der Waals surface area contributed by atoms with Crippen LogP contribution < -0.4 is 5.73 Å². The number of hydrogen-bond acceptors (Lipinski definition) is 10. The Bertz CT molecular complexity index is 1370. The highest BCUT2D eigenvalue weighted by molar-refractivity contribution is 6.28. The third kappa shape index (κ3) is 4.53. The summed E-state index contributed by atoms with van der Waals surface area (Å²) in [7, 11) is 0. The Kier molecular flexibility index (Phi) is 6.72. The minimum atomic E-state index is -2.85. The van der Waals surface area contributed by atoms with E-state index in [-0.39, 0.29) is 33.4 Å². The molecule has 3 atom stereocenters. The van der Waals surface area contributed by atoms with Gasteiger partial charge in [0.15, 0.2) is 11.5 Å². The first-order valence-electron chi connectivity index (χ1n) is 10.5. The van der Waals surface area contributed by atoms with Gasteiger partial charge >= 0.3 is 17.9 Å². The highest BCUT2D eigenvalue weighted by atomic mass is 35.5. The Balaban J connectivity index is 1.57. The molecule has 0 spiro atoms. The monoisotopic (exact) mass is 539 g/mol. The van der Waals surface area contributed by atoms with Crippen LogP contribution in [-0.2, 0) is 31.3 Å². The smallest absolute Gasteiger partial charge is 0.348 e. The molecule has 0 amide bonds. The average molecular weight is 540 g/mol. The summed E-state index contributed by atoms with van der Waals surface area (Å²) in [5.74, 6) is -7.77. The van der Waals surface area contributed by atoms with Crippen molar-refractivity contribution in [3.05, 3.63) is 47.0 Å². The van der Waals surface area contributed by atoms with Crippen molar-refractivity contribution < 1.29 is 48.7 Å². The SMILES string of the molecule is Nc1nc(Cl)nc2c1ncn2[C@@]1(F)CO[C@H](COC(Cc2ccc(C(=O)O)cc2)(C(=O)O)C(=O)O)[C@H]1O. The van der Waals surface area contributed by atoms with Crippen LogP contribution in [-0.4, -0.2) is 88.9 Å². The fourth-order valence-electron chi connectivity index (χ4n) is 3.90. The van der Waals surface area contributed by atoms with E-state index in [0.29, 0.717) is 0 Å². The Morgan fingerprint density at radius 1 is 1.22 bits per heavy atom. The summed E-state index contributed by atoms with van der Waals surface area (Å²) >= 11 is 5.80. The van der Waals surface area contributed by atoms with Crippen LogP contribution in [0.4, 0.5) is 10.2 Å². The predicted molar refractivity (Wildman–Crippen MR) is 121 cm³/mol. The molecule has 1 saturated heterocycles. The number of anilines is 1. The van der Waals surface area contributed by atoms with Gasteiger partial charge in [0.1, 0.15) is 24.3 Å². The summed E-state index contributed by atoms with van der Waals surface area (Å²) in [6.45, 7) is -1.58. The molecule has 196 valence electrons. The number of aliphatic carboxylic acids is 2. The molecular weight excluding hydrogens is 521 g/mol. The van der Waals surface area contributed by atoms with E-state index in [9.17, 15) is 29.7 Å². The number of halogens is 2. The number of carboxylic acid groups (broad SMARTS) is 3. The lowest BCUT2D eigenvalue weighted by Crippen LogP contribution is -2.53. The molecule has 1 aromatic carbocycles. The third-order valence-electron chi connectivity index (χ3n) is 5.94. The van der Waals surface area contributed by atoms with Gasteiger partial charge < -0.3 is 35.6 Å². The molecule has 3 heterocycles. The van der Waals surface area contributed by atoms with Crippen molar-refractivity contribution >= 4 is 46.5 Å². The topological polar surface area (TPSA) is 220 Å². The number of nitrogens with two attached hydrogens (primary N) is 1. The zero-order valence-corrected chi connectivity index (χ0v) is 19.4. The minimum Gasteiger partial charge on any atom is -0.479 e. The maximum Gasteiger partial charge on any atom is 0.348 e. The summed E-state index contributed by atoms with van der Waals surface area (Å²) in [5, 5.41) is 38.9. The van der Waals surface area contributed by atoms with E-state index in [1.54, 1.807) is 0 Å². The van der Waals surface area contributed by atoms with Crippen molar-refractivity contribution in [3.63, 3.8) is 0 Å². The number of nitrogens with zero attached hydrogens (tertiary/aromatic N) is 4. The van der Waals surface area contributed by atoms with E-state index in [0.717, 1.165) is 10.9 Å². The lowest BCUT2D eigenvalue weighted by Gasteiger charge is -2.29. The molecule has 1 fully saturated rings. The van der Waals surface area contributed by atoms with Crippen molar-refractivity contribution in [2.24, 2.45) is 0 Å². The number of benzene rings is 1. The molecule has 0 bridgehead atoms. The first-order chi connectivity index (χ1) is 17.4. The zero-order chi connectivity index (χ0) is 27.1. The average Bonchev–Trinajstić information content (AvgIpc) is 3.39. The number of rotatable bonds is 9. The van der Waals surface area contributed by atoms with Gasteiger partial charge in [-0.05, 0) is 29.3 Å². The van der Waals surface area contributed by atoms with Crippen LogP contribution in [0.5, 0.6) is 0 Å². The van der Waals surface area contributed by atoms with Crippen molar-refractivity contribution in [2.45, 2.75) is 30.0 Å². The first-order valence-corrected chi connectivity index (χ1v) is 10.8. The molecule has 1 aliphatic rings. The fraction of sp³-hybridized carbons (Fsp3) is 0.333. The summed E-state index contributed by atoms with van der Waals surface area (Å²) in [6, 6.07) is 4.82. The van der Waals surface area contributed by atoms with Crippen LogP contribution in [0, 0.1) is 0 Å². The molecule has 1 aliphatic heterocycles. The van der Waals surface area contributed by atoms with Gasteiger partial charge in [0.05, 0.1) is 18.5 Å². The van der Waals surface area contributed by atoms with Crippen molar-refractivity contribution in [1.82, 2.24) is 19.5 Å². The molecule has 0 aliphatic carbocycles. The van der Waals surface area contributed by atoms with Crippen molar-refractivity contribution in [2.75, 3.05) is 18.9 Å². The van der Waals surface area contributed by atoms with Gasteiger partial charge in [-0.25, -0.2) is 23.8 Å². The highest BCUT2D eigenvalue weighted by Crippen LogP contribution is 2.37. The van der Waals surface area contributed by atoms with E-state index in [2.05, 4.69) is 15.0 Å². The number of hydrogen-bond donors (Lipinski definition) is 5. The van der Waals surface area contributed by atoms with Crippen LogP contribution in [0.2, 0.25) is 5.28 Å². The quantitative estimate of drug-likeness (QED) is 0.183. The molecule has 16 heteroatoms. The predicted octanol–water partition coefficient (Wildman–Crippen LogP) is 0.309. The summed E-state index contributed by atoms with van der Waals surface area (Å²) in [6.07, 6.45) is -3.18. The Morgan fingerprint density at radius 2 is 1.86 bits per heavy atom. The molecule has 0 unspecified atom stereocenters. The Hall–Kier alpha value is -3.92. The lowest BCUT2D eigenvalue weighted by atomic mass is 9.93. The highest BCUT2D eigenvalue weighted by Gasteiger charge is 2.55. The number of ether oxygens (including phenoxy) is 2. The van der Waals surface area contributed by atoms with Gasteiger partial charge in [-0.2, -0.15) is 9.97 Å². The second kappa shape index (κ2) is 9.51. The van der Waals surface area contributed by atoms with Crippen LogP contribution in [0.25, 0.3) is 11.2 Å². The Morgan fingerprint density at radius 3 is 2.46 bits per heavy atom. The second-order valence-corrected chi connectivity index (χ2v) is 8.54. The molecule has 3 aromatic rings.